The highest BCUT2D eigenvalue weighted by Crippen LogP contribution is 2.15. The van der Waals surface area contributed by atoms with E-state index in [-0.39, 0.29) is 5.91 Å². The van der Waals surface area contributed by atoms with Crippen molar-refractivity contribution in [1.82, 2.24) is 3.53 Å². The van der Waals surface area contributed by atoms with Gasteiger partial charge in [-0.2, -0.15) is 0 Å². The molecule has 0 radical (unpaired) electrons. The van der Waals surface area contributed by atoms with E-state index in [1.807, 2.05) is 29.1 Å². The minimum absolute atomic E-state index is 0.0740. The number of hydrogen-bond acceptors (Lipinski definition) is 3. The Morgan fingerprint density at radius 3 is 2.88 bits per heavy atom. The van der Waals surface area contributed by atoms with Crippen molar-refractivity contribution in [1.29, 1.82) is 0 Å². The molecule has 2 nitrogen and oxygen atoms in total. The fourth-order valence-corrected chi connectivity index (χ4v) is 1.56. The molecular weight excluding hydrogens is 257 g/mol. The Balaban J connectivity index is 2.99. The van der Waals surface area contributed by atoms with Gasteiger partial charge in [0.1, 0.15) is 0 Å². The van der Waals surface area contributed by atoms with Gasteiger partial charge in [0.25, 0.3) is 0 Å². The summed E-state index contributed by atoms with van der Waals surface area (Å²) in [5.41, 5.74) is 0. The Hall–Kier alpha value is 0.900. The molecule has 0 atom stereocenters. The Morgan fingerprint density at radius 2 is 2.50 bits per heavy atom. The maximum atomic E-state index is 10.4. The first kappa shape index (κ1) is 8.90. The van der Waals surface area contributed by atoms with E-state index in [4.69, 9.17) is 0 Å². The van der Waals surface area contributed by atoms with Gasteiger partial charge in [-0.3, -0.25) is 8.32 Å². The molecule has 1 N–H and O–H groups in total. The lowest BCUT2D eigenvalue weighted by atomic mass is 10.8. The zero-order chi connectivity index (χ0) is 6.41. The quantitative estimate of drug-likeness (QED) is 0.475. The van der Waals surface area contributed by atoms with Gasteiger partial charge < -0.3 is 0 Å². The van der Waals surface area contributed by atoms with Crippen molar-refractivity contribution in [2.75, 3.05) is 12.0 Å². The summed E-state index contributed by atoms with van der Waals surface area (Å²) >= 11 is 1.83. The molecule has 0 aromatic carbocycles. The van der Waals surface area contributed by atoms with Crippen LogP contribution < -0.4 is 3.53 Å². The lowest BCUT2D eigenvalue weighted by Gasteiger charge is -1.91. The van der Waals surface area contributed by atoms with E-state index in [1.165, 1.54) is 0 Å². The molecule has 5 heteroatoms. The van der Waals surface area contributed by atoms with Crippen LogP contribution in [0.4, 0.5) is 0 Å². The summed E-state index contributed by atoms with van der Waals surface area (Å²) in [6.45, 7) is 0. The zero-order valence-corrected chi connectivity index (χ0v) is 8.10. The molecule has 0 aliphatic rings. The van der Waals surface area contributed by atoms with Gasteiger partial charge in [-0.1, -0.05) is 21.6 Å². The van der Waals surface area contributed by atoms with E-state index >= 15 is 0 Å². The topological polar surface area (TPSA) is 29.1 Å². The van der Waals surface area contributed by atoms with Crippen molar-refractivity contribution in [3.8, 4) is 0 Å². The Labute approximate surface area is 70.4 Å². The van der Waals surface area contributed by atoms with Crippen LogP contribution in [0.5, 0.6) is 0 Å². The zero-order valence-electron chi connectivity index (χ0n) is 4.31. The highest BCUT2D eigenvalue weighted by atomic mass is 127. The molecule has 0 aliphatic heterocycles. The molecule has 0 unspecified atom stereocenters. The molecule has 0 heterocycles. The van der Waals surface area contributed by atoms with E-state index in [1.54, 1.807) is 21.6 Å². The van der Waals surface area contributed by atoms with Crippen LogP contribution in [0.25, 0.3) is 0 Å². The van der Waals surface area contributed by atoms with Crippen LogP contribution in [-0.2, 0) is 4.79 Å². The summed E-state index contributed by atoms with van der Waals surface area (Å²) in [5.74, 6) is 0.620. The van der Waals surface area contributed by atoms with Crippen molar-refractivity contribution in [2.45, 2.75) is 0 Å². The second-order valence-corrected chi connectivity index (χ2v) is 4.05. The van der Waals surface area contributed by atoms with Crippen LogP contribution in [0.2, 0.25) is 0 Å². The molecule has 0 aliphatic carbocycles. The predicted octanol–water partition coefficient (Wildman–Crippen LogP) is 1.46. The Morgan fingerprint density at radius 1 is 1.88 bits per heavy atom. The average molecular weight is 263 g/mol. The molecule has 0 rings (SSSR count). The van der Waals surface area contributed by atoms with E-state index in [0.29, 0.717) is 5.75 Å². The summed E-state index contributed by atoms with van der Waals surface area (Å²) < 4.78 is 2.50. The van der Waals surface area contributed by atoms with Crippen LogP contribution in [0.3, 0.4) is 0 Å². The summed E-state index contributed by atoms with van der Waals surface area (Å²) in [6.07, 6.45) is 1.95. The molecule has 0 aromatic rings. The van der Waals surface area contributed by atoms with Gasteiger partial charge >= 0.3 is 0 Å². The van der Waals surface area contributed by atoms with Gasteiger partial charge in [0, 0.05) is 0 Å². The van der Waals surface area contributed by atoms with Gasteiger partial charge in [0.15, 0.2) is 0 Å². The molecule has 0 aromatic heterocycles. The van der Waals surface area contributed by atoms with E-state index in [2.05, 4.69) is 3.53 Å². The number of amides is 1. The van der Waals surface area contributed by atoms with Crippen LogP contribution in [0, 0.1) is 0 Å². The summed E-state index contributed by atoms with van der Waals surface area (Å²) in [5, 5.41) is 0. The minimum atomic E-state index is 0.0740. The molecular formula is C3H6INOS2. The Kier molecular flexibility index (Phi) is 6.70. The fourth-order valence-electron chi connectivity index (χ4n) is 0.140. The van der Waals surface area contributed by atoms with Crippen molar-refractivity contribution in [3.05, 3.63) is 0 Å². The first-order valence-electron chi connectivity index (χ1n) is 1.86. The second kappa shape index (κ2) is 6.03. The highest BCUT2D eigenvalue weighted by molar-refractivity contribution is 14.1. The molecule has 0 saturated heterocycles. The molecule has 0 spiro atoms. The maximum absolute atomic E-state index is 10.4. The third-order valence-corrected chi connectivity index (χ3v) is 2.69. The first-order valence-corrected chi connectivity index (χ1v) is 5.67. The van der Waals surface area contributed by atoms with E-state index in [0.717, 1.165) is 0 Å². The summed E-state index contributed by atoms with van der Waals surface area (Å²) in [4.78, 5) is 10.4. The molecule has 8 heavy (non-hydrogen) atoms. The first-order chi connectivity index (χ1) is 3.81. The fraction of sp³-hybridized carbons (Fsp3) is 0.667. The molecule has 0 saturated carbocycles. The smallest absolute Gasteiger partial charge is 0.239 e. The summed E-state index contributed by atoms with van der Waals surface area (Å²) in [6, 6.07) is 0. The van der Waals surface area contributed by atoms with Gasteiger partial charge in [0.05, 0.1) is 28.6 Å². The molecule has 0 fully saturated rings. The van der Waals surface area contributed by atoms with Crippen molar-refractivity contribution in [2.24, 2.45) is 0 Å². The van der Waals surface area contributed by atoms with Crippen molar-refractivity contribution >= 4 is 50.4 Å². The number of halogens is 1. The minimum Gasteiger partial charge on any atom is -0.298 e. The molecule has 48 valence electrons. The second-order valence-electron chi connectivity index (χ2n) is 0.947. The van der Waals surface area contributed by atoms with Crippen molar-refractivity contribution < 1.29 is 4.79 Å². The van der Waals surface area contributed by atoms with Gasteiger partial charge in [0.2, 0.25) is 5.91 Å². The highest BCUT2D eigenvalue weighted by Gasteiger charge is 1.94. The monoisotopic (exact) mass is 263 g/mol. The van der Waals surface area contributed by atoms with Crippen LogP contribution in [0.15, 0.2) is 0 Å². The van der Waals surface area contributed by atoms with Gasteiger partial charge in [-0.05, 0) is 6.26 Å². The predicted molar refractivity (Wildman–Crippen MR) is 48.1 cm³/mol. The third-order valence-electron chi connectivity index (χ3n) is 0.413. The van der Waals surface area contributed by atoms with E-state index < -0.39 is 0 Å². The number of hydrogen-bond donors (Lipinski definition) is 1. The normalized spacial score (nSPS) is 8.75. The van der Waals surface area contributed by atoms with Crippen molar-refractivity contribution in [3.63, 3.8) is 0 Å². The van der Waals surface area contributed by atoms with Crippen LogP contribution in [-0.4, -0.2) is 17.9 Å². The van der Waals surface area contributed by atoms with Crippen LogP contribution in [0.1, 0.15) is 0 Å². The van der Waals surface area contributed by atoms with Crippen LogP contribution >= 0.6 is 44.5 Å². The van der Waals surface area contributed by atoms with Gasteiger partial charge in [-0.15, -0.1) is 0 Å². The Bertz CT molecular complexity index is 79.7. The lowest BCUT2D eigenvalue weighted by molar-refractivity contribution is -0.116. The number of rotatable bonds is 3. The standard InChI is InChI=1S/C3H6INOS2/c1-7-8-2-3(6)5-4/h2H2,1H3,(H,5,6). The summed E-state index contributed by atoms with van der Waals surface area (Å²) in [7, 11) is 3.14. The number of carbonyl (C=O) groups is 1. The lowest BCUT2D eigenvalue weighted by Crippen LogP contribution is -2.12. The molecule has 1 amide bonds. The maximum Gasteiger partial charge on any atom is 0.239 e. The largest absolute Gasteiger partial charge is 0.298 e. The molecule has 0 bridgehead atoms. The van der Waals surface area contributed by atoms with Gasteiger partial charge in [-0.25, -0.2) is 0 Å². The number of nitrogens with one attached hydrogen (secondary N) is 1. The third kappa shape index (κ3) is 5.04. The number of carbonyl (C=O) groups excluding carboxylic acids is 1. The average Bonchev–Trinajstić information content (AvgIpc) is 1.83. The SMILES string of the molecule is CSSCC(=O)NI. The van der Waals surface area contributed by atoms with E-state index in [9.17, 15) is 4.79 Å².